The summed E-state index contributed by atoms with van der Waals surface area (Å²) in [6, 6.07) is 1.66. The Balaban J connectivity index is 1.49. The summed E-state index contributed by atoms with van der Waals surface area (Å²) in [5.74, 6) is 2.34. The SMILES string of the molecule is CC1CN(CC2CC3CCCCC3N2)CCS1. The van der Waals surface area contributed by atoms with E-state index in [1.54, 1.807) is 0 Å². The second-order valence-corrected chi connectivity index (χ2v) is 7.74. The first-order chi connectivity index (χ1) is 8.31. The van der Waals surface area contributed by atoms with Gasteiger partial charge in [-0.25, -0.2) is 0 Å². The van der Waals surface area contributed by atoms with E-state index in [1.807, 2.05) is 0 Å². The third kappa shape index (κ3) is 2.99. The van der Waals surface area contributed by atoms with Crippen molar-refractivity contribution in [3.05, 3.63) is 0 Å². The minimum atomic E-state index is 0.790. The van der Waals surface area contributed by atoms with Crippen molar-refractivity contribution in [2.75, 3.05) is 25.4 Å². The predicted octanol–water partition coefficient (Wildman–Crippen LogP) is 2.34. The summed E-state index contributed by atoms with van der Waals surface area (Å²) in [5.41, 5.74) is 0. The van der Waals surface area contributed by atoms with Crippen molar-refractivity contribution in [1.29, 1.82) is 0 Å². The third-order valence-corrected chi connectivity index (χ3v) is 5.89. The van der Waals surface area contributed by atoms with Crippen LogP contribution in [-0.4, -0.2) is 47.6 Å². The van der Waals surface area contributed by atoms with Crippen molar-refractivity contribution in [3.8, 4) is 0 Å². The maximum absolute atomic E-state index is 3.91. The normalized spacial score (nSPS) is 43.6. The molecule has 0 aromatic heterocycles. The summed E-state index contributed by atoms with van der Waals surface area (Å²) in [6.07, 6.45) is 7.31. The molecule has 0 aromatic carbocycles. The summed E-state index contributed by atoms with van der Waals surface area (Å²) in [5, 5.41) is 4.75. The second-order valence-electron chi connectivity index (χ2n) is 6.19. The molecule has 2 aliphatic heterocycles. The van der Waals surface area contributed by atoms with Gasteiger partial charge in [-0.1, -0.05) is 19.8 Å². The topological polar surface area (TPSA) is 15.3 Å². The first kappa shape index (κ1) is 12.3. The van der Waals surface area contributed by atoms with Gasteiger partial charge in [0.25, 0.3) is 0 Å². The number of nitrogens with one attached hydrogen (secondary N) is 1. The Bertz CT molecular complexity index is 245. The molecule has 0 aromatic rings. The van der Waals surface area contributed by atoms with Gasteiger partial charge in [0.05, 0.1) is 0 Å². The van der Waals surface area contributed by atoms with Gasteiger partial charge < -0.3 is 5.32 Å². The highest BCUT2D eigenvalue weighted by Gasteiger charge is 2.35. The van der Waals surface area contributed by atoms with E-state index >= 15 is 0 Å². The van der Waals surface area contributed by atoms with Crippen LogP contribution in [-0.2, 0) is 0 Å². The minimum absolute atomic E-state index is 0.790. The van der Waals surface area contributed by atoms with Crippen LogP contribution in [0.25, 0.3) is 0 Å². The molecule has 0 amide bonds. The fourth-order valence-corrected chi connectivity index (χ4v) is 5.02. The lowest BCUT2D eigenvalue weighted by Gasteiger charge is -2.32. The molecule has 3 fully saturated rings. The molecule has 1 N–H and O–H groups in total. The zero-order valence-corrected chi connectivity index (χ0v) is 11.8. The Morgan fingerprint density at radius 3 is 3.00 bits per heavy atom. The fraction of sp³-hybridized carbons (Fsp3) is 1.00. The maximum Gasteiger partial charge on any atom is 0.0200 e. The van der Waals surface area contributed by atoms with Gasteiger partial charge in [-0.3, -0.25) is 4.90 Å². The summed E-state index contributed by atoms with van der Waals surface area (Å²) >= 11 is 2.14. The first-order valence-electron chi connectivity index (χ1n) is 7.41. The first-order valence-corrected chi connectivity index (χ1v) is 8.46. The highest BCUT2D eigenvalue weighted by Crippen LogP contribution is 2.33. The number of rotatable bonds is 2. The van der Waals surface area contributed by atoms with Gasteiger partial charge in [0.1, 0.15) is 0 Å². The molecule has 1 saturated carbocycles. The Morgan fingerprint density at radius 2 is 2.18 bits per heavy atom. The fourth-order valence-electron chi connectivity index (χ4n) is 3.94. The summed E-state index contributed by atoms with van der Waals surface area (Å²) < 4.78 is 0. The molecule has 1 aliphatic carbocycles. The third-order valence-electron chi connectivity index (χ3n) is 4.75. The van der Waals surface area contributed by atoms with Crippen molar-refractivity contribution in [2.24, 2.45) is 5.92 Å². The largest absolute Gasteiger partial charge is 0.310 e. The van der Waals surface area contributed by atoms with Gasteiger partial charge in [-0.15, -0.1) is 0 Å². The molecule has 3 aliphatic rings. The van der Waals surface area contributed by atoms with E-state index in [0.717, 1.165) is 23.3 Å². The Morgan fingerprint density at radius 1 is 1.29 bits per heavy atom. The van der Waals surface area contributed by atoms with Crippen LogP contribution >= 0.6 is 11.8 Å². The lowest BCUT2D eigenvalue weighted by atomic mass is 9.85. The molecule has 2 saturated heterocycles. The Kier molecular flexibility index (Phi) is 3.98. The summed E-state index contributed by atoms with van der Waals surface area (Å²) in [7, 11) is 0. The van der Waals surface area contributed by atoms with Crippen molar-refractivity contribution in [3.63, 3.8) is 0 Å². The van der Waals surface area contributed by atoms with Crippen LogP contribution < -0.4 is 5.32 Å². The molecule has 2 nitrogen and oxygen atoms in total. The molecule has 3 heteroatoms. The zero-order valence-electron chi connectivity index (χ0n) is 11.0. The second kappa shape index (κ2) is 5.50. The van der Waals surface area contributed by atoms with E-state index in [9.17, 15) is 0 Å². The van der Waals surface area contributed by atoms with Crippen LogP contribution in [0.15, 0.2) is 0 Å². The molecular formula is C14H26N2S. The Hall–Kier alpha value is 0.270. The van der Waals surface area contributed by atoms with Crippen LogP contribution in [0.4, 0.5) is 0 Å². The van der Waals surface area contributed by atoms with E-state index in [2.05, 4.69) is 28.9 Å². The molecule has 17 heavy (non-hydrogen) atoms. The van der Waals surface area contributed by atoms with Crippen LogP contribution in [0.5, 0.6) is 0 Å². The Labute approximate surface area is 110 Å². The lowest BCUT2D eigenvalue weighted by molar-refractivity contribution is 0.257. The van der Waals surface area contributed by atoms with Crippen LogP contribution in [0, 0.1) is 5.92 Å². The zero-order chi connectivity index (χ0) is 11.7. The van der Waals surface area contributed by atoms with Gasteiger partial charge >= 0.3 is 0 Å². The number of thioether (sulfide) groups is 1. The molecule has 4 atom stereocenters. The van der Waals surface area contributed by atoms with Gasteiger partial charge in [0.2, 0.25) is 0 Å². The number of hydrogen-bond acceptors (Lipinski definition) is 3. The number of nitrogens with zero attached hydrogens (tertiary/aromatic N) is 1. The smallest absolute Gasteiger partial charge is 0.0200 e. The average Bonchev–Trinajstić information content (AvgIpc) is 2.71. The van der Waals surface area contributed by atoms with Gasteiger partial charge in [0, 0.05) is 42.7 Å². The average molecular weight is 254 g/mol. The molecular weight excluding hydrogens is 228 g/mol. The standard InChI is InChI=1S/C14H26N2S/c1-11-9-16(6-7-17-11)10-13-8-12-4-2-3-5-14(12)15-13/h11-15H,2-10H2,1H3. The van der Waals surface area contributed by atoms with Crippen molar-refractivity contribution in [2.45, 2.75) is 56.4 Å². The monoisotopic (exact) mass is 254 g/mol. The molecule has 0 bridgehead atoms. The van der Waals surface area contributed by atoms with E-state index in [-0.39, 0.29) is 0 Å². The van der Waals surface area contributed by atoms with E-state index in [4.69, 9.17) is 0 Å². The number of fused-ring (bicyclic) bond motifs is 1. The van der Waals surface area contributed by atoms with Gasteiger partial charge in [0.15, 0.2) is 0 Å². The molecule has 0 spiro atoms. The van der Waals surface area contributed by atoms with Crippen LogP contribution in [0.3, 0.4) is 0 Å². The maximum atomic E-state index is 3.91. The van der Waals surface area contributed by atoms with Crippen molar-refractivity contribution < 1.29 is 0 Å². The molecule has 0 radical (unpaired) electrons. The van der Waals surface area contributed by atoms with Crippen molar-refractivity contribution in [1.82, 2.24) is 10.2 Å². The number of hydrogen-bond donors (Lipinski definition) is 1. The minimum Gasteiger partial charge on any atom is -0.310 e. The summed E-state index contributed by atoms with van der Waals surface area (Å²) in [4.78, 5) is 2.69. The molecule has 2 heterocycles. The van der Waals surface area contributed by atoms with E-state index in [1.165, 1.54) is 57.5 Å². The highest BCUT2D eigenvalue weighted by molar-refractivity contribution is 7.99. The van der Waals surface area contributed by atoms with Gasteiger partial charge in [-0.2, -0.15) is 11.8 Å². The quantitative estimate of drug-likeness (QED) is 0.814. The van der Waals surface area contributed by atoms with E-state index in [0.29, 0.717) is 0 Å². The summed E-state index contributed by atoms with van der Waals surface area (Å²) in [6.45, 7) is 6.29. The van der Waals surface area contributed by atoms with Crippen LogP contribution in [0.2, 0.25) is 0 Å². The van der Waals surface area contributed by atoms with Crippen molar-refractivity contribution >= 4 is 11.8 Å². The van der Waals surface area contributed by atoms with Crippen LogP contribution in [0.1, 0.15) is 39.0 Å². The van der Waals surface area contributed by atoms with E-state index < -0.39 is 0 Å². The molecule has 3 rings (SSSR count). The lowest BCUT2D eigenvalue weighted by Crippen LogP contribution is -2.45. The van der Waals surface area contributed by atoms with Gasteiger partial charge in [-0.05, 0) is 25.2 Å². The highest BCUT2D eigenvalue weighted by atomic mass is 32.2. The molecule has 98 valence electrons. The predicted molar refractivity (Wildman–Crippen MR) is 75.6 cm³/mol. The molecule has 4 unspecified atom stereocenters.